The number of esters is 1. The van der Waals surface area contributed by atoms with Crippen molar-refractivity contribution in [2.24, 2.45) is 0 Å². The van der Waals surface area contributed by atoms with E-state index in [0.29, 0.717) is 28.0 Å². The van der Waals surface area contributed by atoms with Crippen LogP contribution in [0.15, 0.2) is 69.9 Å². The number of carbonyl (C=O) groups is 2. The van der Waals surface area contributed by atoms with Gasteiger partial charge in [0.2, 0.25) is 0 Å². The van der Waals surface area contributed by atoms with E-state index in [0.717, 1.165) is 16.2 Å². The Bertz CT molecular complexity index is 1370. The molecular weight excluding hydrogens is 396 g/mol. The van der Waals surface area contributed by atoms with Gasteiger partial charge in [-0.1, -0.05) is 30.3 Å². The van der Waals surface area contributed by atoms with Gasteiger partial charge in [0.05, 0.1) is 13.5 Å². The molecule has 0 aliphatic heterocycles. The molecule has 31 heavy (non-hydrogen) atoms. The molecule has 0 atom stereocenters. The molecule has 0 fully saturated rings. The van der Waals surface area contributed by atoms with Crippen LogP contribution in [0.4, 0.5) is 0 Å². The topological polar surface area (TPSA) is 82.8 Å². The highest BCUT2D eigenvalue weighted by Crippen LogP contribution is 2.28. The molecule has 0 saturated heterocycles. The Morgan fingerprint density at radius 3 is 2.55 bits per heavy atom. The molecule has 1 heterocycles. The number of hydrogen-bond acceptors (Lipinski definition) is 6. The monoisotopic (exact) mass is 416 g/mol. The molecule has 6 nitrogen and oxygen atoms in total. The Balaban J connectivity index is 1.62. The van der Waals surface area contributed by atoms with E-state index in [1.807, 2.05) is 30.3 Å². The first-order valence-corrected chi connectivity index (χ1v) is 9.74. The number of benzene rings is 3. The Morgan fingerprint density at radius 1 is 0.968 bits per heavy atom. The minimum Gasteiger partial charge on any atom is -0.496 e. The molecule has 1 aromatic heterocycles. The smallest absolute Gasteiger partial charge is 0.336 e. The summed E-state index contributed by atoms with van der Waals surface area (Å²) in [6.45, 7) is 1.38. The first-order chi connectivity index (χ1) is 15.0. The summed E-state index contributed by atoms with van der Waals surface area (Å²) in [7, 11) is 1.50. The van der Waals surface area contributed by atoms with E-state index in [9.17, 15) is 14.4 Å². The number of ketones is 1. The van der Waals surface area contributed by atoms with E-state index in [2.05, 4.69) is 0 Å². The quantitative estimate of drug-likeness (QED) is 0.200. The fourth-order valence-corrected chi connectivity index (χ4v) is 3.63. The van der Waals surface area contributed by atoms with Crippen LogP contribution in [-0.4, -0.2) is 18.9 Å². The van der Waals surface area contributed by atoms with Crippen LogP contribution in [0.1, 0.15) is 28.4 Å². The SMILES string of the molecule is COc1ccc(C(C)=O)cc1CC(=O)OCc1cc(=O)oc2ccc3ccccc3c12. The van der Waals surface area contributed by atoms with Crippen LogP contribution in [-0.2, 0) is 22.6 Å². The lowest BCUT2D eigenvalue weighted by atomic mass is 10.0. The van der Waals surface area contributed by atoms with Crippen molar-refractivity contribution in [3.63, 3.8) is 0 Å². The molecule has 4 rings (SSSR count). The lowest BCUT2D eigenvalue weighted by Crippen LogP contribution is -2.11. The van der Waals surface area contributed by atoms with Crippen molar-refractivity contribution in [2.45, 2.75) is 20.0 Å². The molecule has 0 spiro atoms. The van der Waals surface area contributed by atoms with Crippen LogP contribution < -0.4 is 10.4 Å². The fraction of sp³-hybridized carbons (Fsp3) is 0.160. The predicted molar refractivity (Wildman–Crippen MR) is 116 cm³/mol. The van der Waals surface area contributed by atoms with Crippen molar-refractivity contribution in [1.82, 2.24) is 0 Å². The van der Waals surface area contributed by atoms with E-state index in [1.54, 1.807) is 24.3 Å². The van der Waals surface area contributed by atoms with Crippen molar-refractivity contribution in [3.8, 4) is 5.75 Å². The molecule has 0 saturated carbocycles. The molecule has 0 amide bonds. The minimum atomic E-state index is -0.510. The lowest BCUT2D eigenvalue weighted by Gasteiger charge is -2.11. The highest BCUT2D eigenvalue weighted by molar-refractivity contribution is 6.07. The minimum absolute atomic E-state index is 0.0651. The molecule has 0 radical (unpaired) electrons. The summed E-state index contributed by atoms with van der Waals surface area (Å²) in [5.41, 5.74) is 1.54. The molecule has 0 bridgehead atoms. The van der Waals surface area contributed by atoms with Gasteiger partial charge in [0.1, 0.15) is 17.9 Å². The summed E-state index contributed by atoms with van der Waals surface area (Å²) < 4.78 is 16.1. The van der Waals surface area contributed by atoms with Gasteiger partial charge in [-0.3, -0.25) is 9.59 Å². The summed E-state index contributed by atoms with van der Waals surface area (Å²) in [4.78, 5) is 36.2. The van der Waals surface area contributed by atoms with Crippen LogP contribution in [0.2, 0.25) is 0 Å². The van der Waals surface area contributed by atoms with E-state index in [-0.39, 0.29) is 18.8 Å². The maximum atomic E-state index is 12.6. The number of carbonyl (C=O) groups excluding carboxylic acids is 2. The fourth-order valence-electron chi connectivity index (χ4n) is 3.63. The van der Waals surface area contributed by atoms with Gasteiger partial charge in [0.25, 0.3) is 0 Å². The Kier molecular flexibility index (Phi) is 5.54. The maximum Gasteiger partial charge on any atom is 0.336 e. The second-order valence-electron chi connectivity index (χ2n) is 7.17. The molecule has 0 aliphatic rings. The molecule has 4 aromatic rings. The number of methoxy groups -OCH3 is 1. The molecule has 0 N–H and O–H groups in total. The van der Waals surface area contributed by atoms with Crippen LogP contribution in [0.3, 0.4) is 0 Å². The van der Waals surface area contributed by atoms with Crippen molar-refractivity contribution in [2.75, 3.05) is 7.11 Å². The lowest BCUT2D eigenvalue weighted by molar-refractivity contribution is -0.144. The standard InChI is InChI=1S/C25H20O6/c1-15(26)17-8-9-21(29-2)18(11-17)12-23(27)30-14-19-13-24(28)31-22-10-7-16-5-3-4-6-20(16)25(19)22/h3-11,13H,12,14H2,1-2H3. The van der Waals surface area contributed by atoms with Crippen LogP contribution >= 0.6 is 0 Å². The van der Waals surface area contributed by atoms with Crippen molar-refractivity contribution in [3.05, 3.63) is 87.8 Å². The van der Waals surface area contributed by atoms with Gasteiger partial charge >= 0.3 is 11.6 Å². The Labute approximate surface area is 178 Å². The van der Waals surface area contributed by atoms with Crippen molar-refractivity contribution < 1.29 is 23.5 Å². The number of ether oxygens (including phenoxy) is 2. The van der Waals surface area contributed by atoms with E-state index >= 15 is 0 Å². The number of hydrogen-bond donors (Lipinski definition) is 0. The zero-order chi connectivity index (χ0) is 22.0. The normalized spacial score (nSPS) is 10.9. The summed E-state index contributed by atoms with van der Waals surface area (Å²) in [6.07, 6.45) is -0.0651. The predicted octanol–water partition coefficient (Wildman–Crippen LogP) is 4.44. The number of Topliss-reactive ketones (excluding diaryl/α,β-unsaturated/α-hetero) is 1. The van der Waals surface area contributed by atoms with Crippen molar-refractivity contribution in [1.29, 1.82) is 0 Å². The zero-order valence-corrected chi connectivity index (χ0v) is 17.1. The summed E-state index contributed by atoms with van der Waals surface area (Å²) in [5.74, 6) is -0.106. The van der Waals surface area contributed by atoms with Crippen LogP contribution in [0.5, 0.6) is 5.75 Å². The van der Waals surface area contributed by atoms with Crippen LogP contribution in [0, 0.1) is 0 Å². The third-order valence-corrected chi connectivity index (χ3v) is 5.12. The molecular formula is C25H20O6. The van der Waals surface area contributed by atoms with Gasteiger partial charge in [-0.2, -0.15) is 0 Å². The summed E-state index contributed by atoms with van der Waals surface area (Å²) in [5, 5.41) is 2.63. The highest BCUT2D eigenvalue weighted by atomic mass is 16.5. The summed E-state index contributed by atoms with van der Waals surface area (Å²) >= 11 is 0. The first kappa shape index (κ1) is 20.3. The molecule has 0 aliphatic carbocycles. The molecule has 0 unspecified atom stereocenters. The zero-order valence-electron chi connectivity index (χ0n) is 17.1. The van der Waals surface area contributed by atoms with Crippen LogP contribution in [0.25, 0.3) is 21.7 Å². The van der Waals surface area contributed by atoms with Crippen molar-refractivity contribution >= 4 is 33.5 Å². The number of fused-ring (bicyclic) bond motifs is 3. The molecule has 6 heteroatoms. The highest BCUT2D eigenvalue weighted by Gasteiger charge is 2.15. The third-order valence-electron chi connectivity index (χ3n) is 5.12. The van der Waals surface area contributed by atoms with Gasteiger partial charge in [-0.25, -0.2) is 4.79 Å². The Morgan fingerprint density at radius 2 is 1.77 bits per heavy atom. The van der Waals surface area contributed by atoms with Gasteiger partial charge in [-0.05, 0) is 42.0 Å². The largest absolute Gasteiger partial charge is 0.496 e. The van der Waals surface area contributed by atoms with Gasteiger partial charge in [0, 0.05) is 28.1 Å². The third kappa shape index (κ3) is 4.19. The number of rotatable bonds is 6. The molecule has 3 aromatic carbocycles. The Hall–Kier alpha value is -3.93. The summed E-state index contributed by atoms with van der Waals surface area (Å²) in [6, 6.07) is 17.6. The van der Waals surface area contributed by atoms with Gasteiger partial charge in [-0.15, -0.1) is 0 Å². The van der Waals surface area contributed by atoms with E-state index < -0.39 is 11.6 Å². The second-order valence-corrected chi connectivity index (χ2v) is 7.17. The molecule has 156 valence electrons. The second kappa shape index (κ2) is 8.44. The van der Waals surface area contributed by atoms with Gasteiger partial charge < -0.3 is 13.9 Å². The van der Waals surface area contributed by atoms with E-state index in [4.69, 9.17) is 13.9 Å². The van der Waals surface area contributed by atoms with E-state index in [1.165, 1.54) is 20.1 Å². The first-order valence-electron chi connectivity index (χ1n) is 9.74. The average molecular weight is 416 g/mol. The van der Waals surface area contributed by atoms with Gasteiger partial charge in [0.15, 0.2) is 5.78 Å². The maximum absolute atomic E-state index is 12.6. The average Bonchev–Trinajstić information content (AvgIpc) is 2.76.